The summed E-state index contributed by atoms with van der Waals surface area (Å²) in [6.07, 6.45) is -2.46. The van der Waals surface area contributed by atoms with Crippen LogP contribution < -0.4 is 0 Å². The maximum atomic E-state index is 12.1. The van der Waals surface area contributed by atoms with Crippen molar-refractivity contribution in [3.8, 4) is 0 Å². The first-order valence-electron chi connectivity index (χ1n) is 9.62. The predicted molar refractivity (Wildman–Crippen MR) is 96.0 cm³/mol. The van der Waals surface area contributed by atoms with Crippen molar-refractivity contribution in [2.45, 2.75) is 12.2 Å². The molecule has 0 aromatic heterocycles. The summed E-state index contributed by atoms with van der Waals surface area (Å²) in [5.41, 5.74) is 0. The average Bonchev–Trinajstić information content (AvgIpc) is 3.04. The standard InChI is InChI=1S/C18H30O11/c19-13-14(20)15-16-17(18(21)29-15)28-12-10-26-8-6-24-4-2-22-1-3-23-5-7-25-9-11-27-16/h14-15,19-20H,1-13H2. The molecule has 0 saturated carbocycles. The van der Waals surface area contributed by atoms with E-state index in [1.54, 1.807) is 0 Å². The first-order chi connectivity index (χ1) is 14.2. The molecule has 0 aromatic carbocycles. The molecule has 0 aromatic rings. The summed E-state index contributed by atoms with van der Waals surface area (Å²) in [7, 11) is 0. The SMILES string of the molecule is O=C1OC(C(O)CO)C2=C1OCCOCCOCCOCCOCCOCCO2. The van der Waals surface area contributed by atoms with Crippen molar-refractivity contribution in [1.29, 1.82) is 0 Å². The third-order valence-corrected chi connectivity index (χ3v) is 3.89. The number of rotatable bonds is 2. The molecule has 11 heteroatoms. The Morgan fingerprint density at radius 3 is 1.59 bits per heavy atom. The fourth-order valence-corrected chi connectivity index (χ4v) is 2.47. The smallest absolute Gasteiger partial charge is 0.378 e. The zero-order valence-corrected chi connectivity index (χ0v) is 16.4. The van der Waals surface area contributed by atoms with Gasteiger partial charge in [0.15, 0.2) is 11.9 Å². The molecule has 2 atom stereocenters. The van der Waals surface area contributed by atoms with Crippen LogP contribution in [0.1, 0.15) is 0 Å². The molecule has 2 rings (SSSR count). The topological polar surface area (TPSA) is 131 Å². The van der Waals surface area contributed by atoms with Gasteiger partial charge in [0.25, 0.3) is 0 Å². The Morgan fingerprint density at radius 2 is 1.14 bits per heavy atom. The van der Waals surface area contributed by atoms with Gasteiger partial charge in [0.05, 0.1) is 72.7 Å². The second-order valence-corrected chi connectivity index (χ2v) is 6.03. The molecule has 168 valence electrons. The molecule has 0 amide bonds. The molecule has 2 aliphatic rings. The first kappa shape index (κ1) is 23.8. The van der Waals surface area contributed by atoms with Gasteiger partial charge < -0.3 is 48.1 Å². The summed E-state index contributed by atoms with van der Waals surface area (Å²) in [4.78, 5) is 12.1. The van der Waals surface area contributed by atoms with Crippen molar-refractivity contribution in [2.75, 3.05) is 85.9 Å². The molecule has 11 nitrogen and oxygen atoms in total. The zero-order valence-electron chi connectivity index (χ0n) is 16.4. The normalized spacial score (nSPS) is 25.7. The van der Waals surface area contributed by atoms with Crippen LogP contribution in [0.3, 0.4) is 0 Å². The summed E-state index contributed by atoms with van der Waals surface area (Å²) >= 11 is 0. The molecule has 29 heavy (non-hydrogen) atoms. The quantitative estimate of drug-likeness (QED) is 0.510. The van der Waals surface area contributed by atoms with Crippen molar-refractivity contribution in [2.24, 2.45) is 0 Å². The number of cyclic esters (lactones) is 1. The largest absolute Gasteiger partial charge is 0.487 e. The molecule has 0 radical (unpaired) electrons. The van der Waals surface area contributed by atoms with Crippen LogP contribution in [0.4, 0.5) is 0 Å². The van der Waals surface area contributed by atoms with E-state index in [0.29, 0.717) is 52.9 Å². The third-order valence-electron chi connectivity index (χ3n) is 3.89. The monoisotopic (exact) mass is 422 g/mol. The molecule has 0 spiro atoms. The number of ether oxygens (including phenoxy) is 8. The highest BCUT2D eigenvalue weighted by molar-refractivity contribution is 5.89. The summed E-state index contributed by atoms with van der Waals surface area (Å²) in [5, 5.41) is 19.1. The highest BCUT2D eigenvalue weighted by Crippen LogP contribution is 2.27. The van der Waals surface area contributed by atoms with Gasteiger partial charge in [0.2, 0.25) is 5.76 Å². The average molecular weight is 422 g/mol. The van der Waals surface area contributed by atoms with Crippen molar-refractivity contribution >= 4 is 5.97 Å². The van der Waals surface area contributed by atoms with Crippen LogP contribution >= 0.6 is 0 Å². The van der Waals surface area contributed by atoms with Gasteiger partial charge in [-0.15, -0.1) is 0 Å². The minimum atomic E-state index is -1.32. The number of carbonyl (C=O) groups excluding carboxylic acids is 1. The van der Waals surface area contributed by atoms with E-state index in [1.165, 1.54) is 0 Å². The first-order valence-corrected chi connectivity index (χ1v) is 9.62. The zero-order chi connectivity index (χ0) is 20.7. The maximum absolute atomic E-state index is 12.1. The summed E-state index contributed by atoms with van der Waals surface area (Å²) in [5.74, 6) is -0.884. The molecular formula is C18H30O11. The number of hydrogen-bond acceptors (Lipinski definition) is 11. The molecule has 2 aliphatic heterocycles. The van der Waals surface area contributed by atoms with Crippen LogP contribution in [-0.4, -0.2) is 114 Å². The van der Waals surface area contributed by atoms with Crippen LogP contribution in [0.25, 0.3) is 0 Å². The van der Waals surface area contributed by atoms with Crippen LogP contribution in [0.15, 0.2) is 11.5 Å². The maximum Gasteiger partial charge on any atom is 0.378 e. The fourth-order valence-electron chi connectivity index (χ4n) is 2.47. The number of aliphatic hydroxyl groups excluding tert-OH is 2. The lowest BCUT2D eigenvalue weighted by Crippen LogP contribution is -2.32. The predicted octanol–water partition coefficient (Wildman–Crippen LogP) is -1.39. The van der Waals surface area contributed by atoms with Crippen molar-refractivity contribution in [1.82, 2.24) is 0 Å². The van der Waals surface area contributed by atoms with Gasteiger partial charge in [-0.3, -0.25) is 0 Å². The lowest BCUT2D eigenvalue weighted by atomic mass is 10.2. The van der Waals surface area contributed by atoms with Gasteiger partial charge in [-0.2, -0.15) is 0 Å². The Bertz CT molecular complexity index is 496. The number of aliphatic hydroxyl groups is 2. The summed E-state index contributed by atoms with van der Waals surface area (Å²) in [6.45, 7) is 3.42. The molecule has 0 aliphatic carbocycles. The van der Waals surface area contributed by atoms with E-state index in [2.05, 4.69) is 0 Å². The number of esters is 1. The highest BCUT2D eigenvalue weighted by Gasteiger charge is 2.41. The molecular weight excluding hydrogens is 392 g/mol. The van der Waals surface area contributed by atoms with Gasteiger partial charge in [-0.25, -0.2) is 4.79 Å². The highest BCUT2D eigenvalue weighted by atomic mass is 16.6. The Kier molecular flexibility index (Phi) is 11.9. The second kappa shape index (κ2) is 14.5. The molecule has 0 saturated heterocycles. The van der Waals surface area contributed by atoms with Crippen molar-refractivity contribution < 1.29 is 52.9 Å². The van der Waals surface area contributed by atoms with Gasteiger partial charge in [-0.05, 0) is 0 Å². The molecule has 0 bridgehead atoms. The Labute approximate surface area is 169 Å². The second-order valence-electron chi connectivity index (χ2n) is 6.03. The van der Waals surface area contributed by atoms with Gasteiger partial charge in [-0.1, -0.05) is 0 Å². The summed E-state index contributed by atoms with van der Waals surface area (Å²) in [6, 6.07) is 0. The van der Waals surface area contributed by atoms with E-state index in [-0.39, 0.29) is 37.9 Å². The van der Waals surface area contributed by atoms with Gasteiger partial charge in [0.1, 0.15) is 19.3 Å². The lowest BCUT2D eigenvalue weighted by Gasteiger charge is -2.18. The van der Waals surface area contributed by atoms with Crippen molar-refractivity contribution in [3.63, 3.8) is 0 Å². The van der Waals surface area contributed by atoms with Crippen LogP contribution in [-0.2, 0) is 42.7 Å². The number of carbonyl (C=O) groups is 1. The molecule has 0 fully saturated rings. The van der Waals surface area contributed by atoms with Crippen LogP contribution in [0, 0.1) is 0 Å². The minimum Gasteiger partial charge on any atom is -0.487 e. The van der Waals surface area contributed by atoms with E-state index in [9.17, 15) is 15.0 Å². The number of hydrogen-bond donors (Lipinski definition) is 2. The lowest BCUT2D eigenvalue weighted by molar-refractivity contribution is -0.149. The molecule has 2 unspecified atom stereocenters. The fraction of sp³-hybridized carbons (Fsp3) is 0.833. The molecule has 2 N–H and O–H groups in total. The van der Waals surface area contributed by atoms with E-state index in [0.717, 1.165) is 0 Å². The molecule has 2 heterocycles. The van der Waals surface area contributed by atoms with E-state index in [4.69, 9.17) is 37.9 Å². The Morgan fingerprint density at radius 1 is 0.724 bits per heavy atom. The third kappa shape index (κ3) is 8.83. The van der Waals surface area contributed by atoms with Gasteiger partial charge in [0, 0.05) is 0 Å². The van der Waals surface area contributed by atoms with E-state index >= 15 is 0 Å². The van der Waals surface area contributed by atoms with Gasteiger partial charge >= 0.3 is 5.97 Å². The Hall–Kier alpha value is -1.47. The van der Waals surface area contributed by atoms with Crippen LogP contribution in [0.2, 0.25) is 0 Å². The van der Waals surface area contributed by atoms with Crippen molar-refractivity contribution in [3.05, 3.63) is 11.5 Å². The van der Waals surface area contributed by atoms with Crippen LogP contribution in [0.5, 0.6) is 0 Å². The van der Waals surface area contributed by atoms with E-state index < -0.39 is 24.8 Å². The minimum absolute atomic E-state index is 0.0303. The van der Waals surface area contributed by atoms with E-state index in [1.807, 2.05) is 0 Å². The Balaban J connectivity index is 1.89. The summed E-state index contributed by atoms with van der Waals surface area (Å²) < 4.78 is 43.0.